The average molecular weight is 204 g/mol. The van der Waals surface area contributed by atoms with Gasteiger partial charge in [-0.1, -0.05) is 45.4 Å². The molecule has 0 aromatic carbocycles. The van der Waals surface area contributed by atoms with Gasteiger partial charge in [0.25, 0.3) is 0 Å². The molecule has 1 nitrogen and oxygen atoms in total. The van der Waals surface area contributed by atoms with E-state index < -0.39 is 0 Å². The quantitative estimate of drug-likeness (QED) is 0.244. The van der Waals surface area contributed by atoms with Gasteiger partial charge in [-0.25, -0.2) is 0 Å². The van der Waals surface area contributed by atoms with Crippen molar-refractivity contribution in [1.29, 1.82) is 0 Å². The largest absolute Gasteiger partial charge is 1.00 e. The molecule has 0 aliphatic rings. The van der Waals surface area contributed by atoms with Crippen molar-refractivity contribution in [3.8, 4) is 0 Å². The van der Waals surface area contributed by atoms with Crippen molar-refractivity contribution in [2.45, 2.75) is 58.3 Å². The van der Waals surface area contributed by atoms with E-state index in [0.29, 0.717) is 0 Å². The summed E-state index contributed by atoms with van der Waals surface area (Å²) in [6.07, 6.45) is 10.8. The molecule has 0 amide bonds. The molecule has 0 N–H and O–H groups in total. The molecule has 0 atom stereocenters. The Balaban J connectivity index is -0.0000000833. The van der Waals surface area contributed by atoms with Gasteiger partial charge in [-0.3, -0.25) is 0 Å². The maximum atomic E-state index is 9.94. The number of carbonyl (C=O) groups is 1. The van der Waals surface area contributed by atoms with Crippen molar-refractivity contribution < 1.29 is 66.8 Å². The second-order valence-corrected chi connectivity index (χ2v) is 3.08. The monoisotopic (exact) mass is 204 g/mol. The molecule has 0 bridgehead atoms. The van der Waals surface area contributed by atoms with Crippen molar-refractivity contribution in [1.82, 2.24) is 0 Å². The van der Waals surface area contributed by atoms with Crippen molar-refractivity contribution in [2.75, 3.05) is 0 Å². The second kappa shape index (κ2) is 19.3. The van der Waals surface area contributed by atoms with Gasteiger partial charge in [-0.2, -0.15) is 0 Å². The molecule has 0 saturated heterocycles. The van der Waals surface area contributed by atoms with E-state index in [1.807, 2.05) is 0 Å². The standard InChI is InChI=1S/C10H20O.2Na.2H/c1-2-3-4-5-6-7-8-9-10-11;;;;/h10H,2-9H2,1H3;;;;/q;2*+1;2*-1. The summed E-state index contributed by atoms with van der Waals surface area (Å²) in [6, 6.07) is 0. The molecule has 0 rings (SSSR count). The van der Waals surface area contributed by atoms with Crippen LogP contribution in [-0.2, 0) is 4.79 Å². The molecule has 0 saturated carbocycles. The fraction of sp³-hybridized carbons (Fsp3) is 0.900. The molecule has 0 aromatic rings. The van der Waals surface area contributed by atoms with Crippen LogP contribution in [-0.4, -0.2) is 6.29 Å². The van der Waals surface area contributed by atoms with Gasteiger partial charge in [-0.05, 0) is 6.42 Å². The van der Waals surface area contributed by atoms with Gasteiger partial charge >= 0.3 is 59.1 Å². The number of hydrogen-bond acceptors (Lipinski definition) is 1. The molecule has 0 aliphatic carbocycles. The molecular formula is C10H22Na2O. The van der Waals surface area contributed by atoms with Gasteiger partial charge in [0, 0.05) is 6.42 Å². The Morgan fingerprint density at radius 3 is 1.85 bits per heavy atom. The molecule has 0 fully saturated rings. The Bertz CT molecular complexity index is 95.5. The van der Waals surface area contributed by atoms with E-state index >= 15 is 0 Å². The third-order valence-corrected chi connectivity index (χ3v) is 1.93. The van der Waals surface area contributed by atoms with Crippen LogP contribution in [0.3, 0.4) is 0 Å². The van der Waals surface area contributed by atoms with Crippen LogP contribution in [0.5, 0.6) is 0 Å². The molecule has 0 aliphatic heterocycles. The average Bonchev–Trinajstić information content (AvgIpc) is 2.03. The predicted octanol–water partition coefficient (Wildman–Crippen LogP) is -2.44. The number of hydrogen-bond donors (Lipinski definition) is 0. The first-order valence-corrected chi connectivity index (χ1v) is 4.85. The van der Waals surface area contributed by atoms with Gasteiger partial charge in [0.05, 0.1) is 0 Å². The molecule has 0 radical (unpaired) electrons. The molecule has 70 valence electrons. The van der Waals surface area contributed by atoms with Gasteiger partial charge in [0.2, 0.25) is 0 Å². The van der Waals surface area contributed by atoms with Crippen LogP contribution >= 0.6 is 0 Å². The van der Waals surface area contributed by atoms with Crippen molar-refractivity contribution in [3.05, 3.63) is 0 Å². The number of unbranched alkanes of at least 4 members (excludes halogenated alkanes) is 7. The Morgan fingerprint density at radius 2 is 1.38 bits per heavy atom. The van der Waals surface area contributed by atoms with Gasteiger partial charge in [0.15, 0.2) is 0 Å². The molecule has 0 heterocycles. The van der Waals surface area contributed by atoms with Crippen LogP contribution in [0.2, 0.25) is 0 Å². The summed E-state index contributed by atoms with van der Waals surface area (Å²) in [4.78, 5) is 9.94. The van der Waals surface area contributed by atoms with E-state index in [-0.39, 0.29) is 62.0 Å². The van der Waals surface area contributed by atoms with Crippen LogP contribution in [0.15, 0.2) is 0 Å². The van der Waals surface area contributed by atoms with E-state index in [1.165, 1.54) is 38.5 Å². The summed E-state index contributed by atoms with van der Waals surface area (Å²) >= 11 is 0. The third kappa shape index (κ3) is 19.9. The zero-order chi connectivity index (χ0) is 8.36. The van der Waals surface area contributed by atoms with Gasteiger partial charge in [-0.15, -0.1) is 0 Å². The van der Waals surface area contributed by atoms with E-state index in [4.69, 9.17) is 0 Å². The van der Waals surface area contributed by atoms with Gasteiger partial charge < -0.3 is 7.65 Å². The predicted molar refractivity (Wildman–Crippen MR) is 50.9 cm³/mol. The van der Waals surface area contributed by atoms with E-state index in [1.54, 1.807) is 0 Å². The van der Waals surface area contributed by atoms with Crippen LogP contribution in [0.1, 0.15) is 61.1 Å². The summed E-state index contributed by atoms with van der Waals surface area (Å²) in [5, 5.41) is 0. The fourth-order valence-corrected chi connectivity index (χ4v) is 1.18. The Hall–Kier alpha value is 1.67. The molecule has 0 spiro atoms. The van der Waals surface area contributed by atoms with Crippen molar-refractivity contribution in [2.24, 2.45) is 0 Å². The minimum absolute atomic E-state index is 0. The minimum Gasteiger partial charge on any atom is -1.00 e. The molecular weight excluding hydrogens is 182 g/mol. The van der Waals surface area contributed by atoms with Crippen LogP contribution in [0.25, 0.3) is 0 Å². The molecule has 13 heavy (non-hydrogen) atoms. The van der Waals surface area contributed by atoms with E-state index in [2.05, 4.69) is 6.92 Å². The first kappa shape index (κ1) is 20.1. The normalized spacial score (nSPS) is 8.38. The van der Waals surface area contributed by atoms with Crippen LogP contribution in [0.4, 0.5) is 0 Å². The smallest absolute Gasteiger partial charge is 1.00 e. The SMILES string of the molecule is CCCCCCCCCC=O.[H-].[H-].[Na+].[Na+]. The van der Waals surface area contributed by atoms with Crippen LogP contribution in [0, 0.1) is 0 Å². The minimum atomic E-state index is 0. The van der Waals surface area contributed by atoms with E-state index in [0.717, 1.165) is 19.1 Å². The zero-order valence-corrected chi connectivity index (χ0v) is 13.6. The third-order valence-electron chi connectivity index (χ3n) is 1.93. The van der Waals surface area contributed by atoms with Crippen LogP contribution < -0.4 is 59.1 Å². The van der Waals surface area contributed by atoms with E-state index in [9.17, 15) is 4.79 Å². The fourth-order valence-electron chi connectivity index (χ4n) is 1.18. The summed E-state index contributed by atoms with van der Waals surface area (Å²) in [6.45, 7) is 2.23. The molecule has 0 aromatic heterocycles. The molecule has 3 heteroatoms. The van der Waals surface area contributed by atoms with Gasteiger partial charge in [0.1, 0.15) is 6.29 Å². The summed E-state index contributed by atoms with van der Waals surface area (Å²) in [5.41, 5.74) is 0. The number of carbonyl (C=O) groups excluding carboxylic acids is 1. The molecule has 0 unspecified atom stereocenters. The Kier molecular flexibility index (Phi) is 29.8. The zero-order valence-electron chi connectivity index (χ0n) is 11.6. The second-order valence-electron chi connectivity index (χ2n) is 3.08. The summed E-state index contributed by atoms with van der Waals surface area (Å²) < 4.78 is 0. The topological polar surface area (TPSA) is 17.1 Å². The van der Waals surface area contributed by atoms with Crippen molar-refractivity contribution in [3.63, 3.8) is 0 Å². The first-order valence-electron chi connectivity index (χ1n) is 4.85. The number of rotatable bonds is 8. The Labute approximate surface area is 130 Å². The maximum Gasteiger partial charge on any atom is 1.00 e. The number of aldehydes is 1. The first-order chi connectivity index (χ1) is 5.41. The summed E-state index contributed by atoms with van der Waals surface area (Å²) in [5.74, 6) is 0. The summed E-state index contributed by atoms with van der Waals surface area (Å²) in [7, 11) is 0. The van der Waals surface area contributed by atoms with Crippen molar-refractivity contribution >= 4 is 6.29 Å². The Morgan fingerprint density at radius 1 is 0.923 bits per heavy atom. The maximum absolute atomic E-state index is 9.94.